The van der Waals surface area contributed by atoms with Crippen molar-refractivity contribution in [2.45, 2.75) is 25.9 Å². The Kier molecular flexibility index (Phi) is 5.21. The molecule has 0 aliphatic rings. The van der Waals surface area contributed by atoms with Gasteiger partial charge in [-0.1, -0.05) is 6.92 Å². The third-order valence-corrected chi connectivity index (χ3v) is 2.22. The molecular weight excluding hydrogens is 195 g/mol. The molecule has 0 amide bonds. The number of aromatic nitrogens is 1. The molecule has 1 aromatic rings. The van der Waals surface area contributed by atoms with Gasteiger partial charge in [0.15, 0.2) is 0 Å². The summed E-state index contributed by atoms with van der Waals surface area (Å²) < 4.78 is 17.9. The van der Waals surface area contributed by atoms with Gasteiger partial charge in [-0.25, -0.2) is 4.39 Å². The molecule has 15 heavy (non-hydrogen) atoms. The Balaban J connectivity index is 2.41. The second-order valence-electron chi connectivity index (χ2n) is 3.45. The Hall–Kier alpha value is -1.00. The first-order chi connectivity index (χ1) is 7.26. The fraction of sp³-hybridized carbons (Fsp3) is 0.545. The SMILES string of the molecule is CCC(COC)NCc1cncc(F)c1. The van der Waals surface area contributed by atoms with Gasteiger partial charge < -0.3 is 10.1 Å². The average molecular weight is 212 g/mol. The Morgan fingerprint density at radius 2 is 2.33 bits per heavy atom. The van der Waals surface area contributed by atoms with Gasteiger partial charge >= 0.3 is 0 Å². The minimum atomic E-state index is -0.297. The van der Waals surface area contributed by atoms with E-state index in [1.54, 1.807) is 13.3 Å². The molecule has 1 unspecified atom stereocenters. The molecule has 0 aliphatic carbocycles. The van der Waals surface area contributed by atoms with E-state index in [4.69, 9.17) is 4.74 Å². The van der Waals surface area contributed by atoms with Crippen LogP contribution in [0.1, 0.15) is 18.9 Å². The highest BCUT2D eigenvalue weighted by atomic mass is 19.1. The van der Waals surface area contributed by atoms with Crippen molar-refractivity contribution in [1.29, 1.82) is 0 Å². The van der Waals surface area contributed by atoms with Crippen LogP contribution in [-0.2, 0) is 11.3 Å². The van der Waals surface area contributed by atoms with Crippen molar-refractivity contribution in [3.8, 4) is 0 Å². The summed E-state index contributed by atoms with van der Waals surface area (Å²) >= 11 is 0. The molecule has 0 bridgehead atoms. The average Bonchev–Trinajstić information content (AvgIpc) is 2.24. The number of nitrogens with one attached hydrogen (secondary N) is 1. The monoisotopic (exact) mass is 212 g/mol. The van der Waals surface area contributed by atoms with E-state index >= 15 is 0 Å². The molecule has 0 fully saturated rings. The van der Waals surface area contributed by atoms with Crippen molar-refractivity contribution in [1.82, 2.24) is 10.3 Å². The van der Waals surface area contributed by atoms with Crippen LogP contribution in [0.25, 0.3) is 0 Å². The fourth-order valence-corrected chi connectivity index (χ4v) is 1.34. The first-order valence-corrected chi connectivity index (χ1v) is 5.08. The van der Waals surface area contributed by atoms with Crippen LogP contribution in [0.2, 0.25) is 0 Å². The molecule has 1 N–H and O–H groups in total. The number of hydrogen-bond donors (Lipinski definition) is 1. The van der Waals surface area contributed by atoms with E-state index in [1.165, 1.54) is 12.3 Å². The number of ether oxygens (including phenoxy) is 1. The maximum Gasteiger partial charge on any atom is 0.141 e. The van der Waals surface area contributed by atoms with Gasteiger partial charge in [0, 0.05) is 25.9 Å². The lowest BCUT2D eigenvalue weighted by molar-refractivity contribution is 0.164. The summed E-state index contributed by atoms with van der Waals surface area (Å²) in [6, 6.07) is 1.79. The van der Waals surface area contributed by atoms with Crippen LogP contribution in [-0.4, -0.2) is 24.7 Å². The number of halogens is 1. The van der Waals surface area contributed by atoms with Crippen LogP contribution in [0.5, 0.6) is 0 Å². The van der Waals surface area contributed by atoms with E-state index < -0.39 is 0 Å². The van der Waals surface area contributed by atoms with Crippen molar-refractivity contribution in [3.63, 3.8) is 0 Å². The van der Waals surface area contributed by atoms with E-state index in [0.29, 0.717) is 19.2 Å². The molecule has 0 saturated carbocycles. The first-order valence-electron chi connectivity index (χ1n) is 5.08. The smallest absolute Gasteiger partial charge is 0.141 e. The van der Waals surface area contributed by atoms with Crippen molar-refractivity contribution in [2.24, 2.45) is 0 Å². The largest absolute Gasteiger partial charge is 0.383 e. The minimum Gasteiger partial charge on any atom is -0.383 e. The van der Waals surface area contributed by atoms with E-state index in [2.05, 4.69) is 17.2 Å². The standard InChI is InChI=1S/C11H17FN2O/c1-3-11(8-15-2)14-6-9-4-10(12)7-13-5-9/h4-5,7,11,14H,3,6,8H2,1-2H3. The van der Waals surface area contributed by atoms with Crippen LogP contribution in [0.3, 0.4) is 0 Å². The summed E-state index contributed by atoms with van der Waals surface area (Å²) in [5.74, 6) is -0.297. The number of hydrogen-bond acceptors (Lipinski definition) is 3. The van der Waals surface area contributed by atoms with Crippen LogP contribution in [0.4, 0.5) is 4.39 Å². The molecule has 1 aromatic heterocycles. The van der Waals surface area contributed by atoms with Gasteiger partial charge in [0.25, 0.3) is 0 Å². The molecule has 1 atom stereocenters. The van der Waals surface area contributed by atoms with Crippen molar-refractivity contribution >= 4 is 0 Å². The maximum atomic E-state index is 12.8. The molecule has 0 aromatic carbocycles. The lowest BCUT2D eigenvalue weighted by atomic mass is 10.2. The summed E-state index contributed by atoms with van der Waals surface area (Å²) in [7, 11) is 1.67. The van der Waals surface area contributed by atoms with Gasteiger partial charge in [-0.15, -0.1) is 0 Å². The highest BCUT2D eigenvalue weighted by Crippen LogP contribution is 2.01. The van der Waals surface area contributed by atoms with Gasteiger partial charge in [-0.2, -0.15) is 0 Å². The van der Waals surface area contributed by atoms with Gasteiger partial charge in [-0.3, -0.25) is 4.98 Å². The maximum absolute atomic E-state index is 12.8. The van der Waals surface area contributed by atoms with Gasteiger partial charge in [0.2, 0.25) is 0 Å². The molecule has 0 radical (unpaired) electrons. The van der Waals surface area contributed by atoms with Gasteiger partial charge in [0.1, 0.15) is 5.82 Å². The van der Waals surface area contributed by atoms with Crippen LogP contribution in [0.15, 0.2) is 18.5 Å². The zero-order valence-corrected chi connectivity index (χ0v) is 9.16. The highest BCUT2D eigenvalue weighted by Gasteiger charge is 2.04. The third kappa shape index (κ3) is 4.36. The molecule has 1 heterocycles. The predicted octanol–water partition coefficient (Wildman–Crippen LogP) is 1.74. The summed E-state index contributed by atoms with van der Waals surface area (Å²) in [4.78, 5) is 3.79. The number of rotatable bonds is 6. The van der Waals surface area contributed by atoms with Crippen LogP contribution < -0.4 is 5.32 Å². The second-order valence-corrected chi connectivity index (χ2v) is 3.45. The summed E-state index contributed by atoms with van der Waals surface area (Å²) in [6.45, 7) is 3.37. The van der Waals surface area contributed by atoms with Crippen LogP contribution >= 0.6 is 0 Å². The molecule has 1 rings (SSSR count). The van der Waals surface area contributed by atoms with Crippen molar-refractivity contribution in [2.75, 3.05) is 13.7 Å². The lowest BCUT2D eigenvalue weighted by Crippen LogP contribution is -2.32. The molecule has 0 aliphatic heterocycles. The Morgan fingerprint density at radius 1 is 1.53 bits per heavy atom. The zero-order valence-electron chi connectivity index (χ0n) is 9.16. The number of pyridine rings is 1. The van der Waals surface area contributed by atoms with E-state index in [9.17, 15) is 4.39 Å². The summed E-state index contributed by atoms with van der Waals surface area (Å²) in [6.07, 6.45) is 3.85. The lowest BCUT2D eigenvalue weighted by Gasteiger charge is -2.15. The molecule has 84 valence electrons. The normalized spacial score (nSPS) is 12.7. The fourth-order valence-electron chi connectivity index (χ4n) is 1.34. The molecule has 0 spiro atoms. The second kappa shape index (κ2) is 6.48. The molecular formula is C11H17FN2O. The highest BCUT2D eigenvalue weighted by molar-refractivity contribution is 5.09. The molecule has 0 saturated heterocycles. The Morgan fingerprint density at radius 3 is 2.93 bits per heavy atom. The number of methoxy groups -OCH3 is 1. The van der Waals surface area contributed by atoms with Gasteiger partial charge in [-0.05, 0) is 18.1 Å². The van der Waals surface area contributed by atoms with Crippen LogP contribution in [0, 0.1) is 5.82 Å². The Bertz CT molecular complexity index is 294. The Labute approximate surface area is 89.7 Å². The quantitative estimate of drug-likeness (QED) is 0.779. The van der Waals surface area contributed by atoms with Crippen molar-refractivity contribution < 1.29 is 9.13 Å². The minimum absolute atomic E-state index is 0.297. The van der Waals surface area contributed by atoms with E-state index in [0.717, 1.165) is 12.0 Å². The topological polar surface area (TPSA) is 34.1 Å². The number of nitrogens with zero attached hydrogens (tertiary/aromatic N) is 1. The molecule has 3 nitrogen and oxygen atoms in total. The first kappa shape index (κ1) is 12.1. The summed E-state index contributed by atoms with van der Waals surface area (Å²) in [5.41, 5.74) is 0.851. The zero-order chi connectivity index (χ0) is 11.1. The van der Waals surface area contributed by atoms with Gasteiger partial charge in [0.05, 0.1) is 12.8 Å². The third-order valence-electron chi connectivity index (χ3n) is 2.22. The van der Waals surface area contributed by atoms with E-state index in [-0.39, 0.29) is 5.82 Å². The van der Waals surface area contributed by atoms with Crippen molar-refractivity contribution in [3.05, 3.63) is 29.8 Å². The van der Waals surface area contributed by atoms with E-state index in [1.807, 2.05) is 0 Å². The predicted molar refractivity (Wildman–Crippen MR) is 57.0 cm³/mol. The molecule has 4 heteroatoms. The summed E-state index contributed by atoms with van der Waals surface area (Å²) in [5, 5.41) is 3.28.